The van der Waals surface area contributed by atoms with Gasteiger partial charge in [-0.2, -0.15) is 0 Å². The first-order chi connectivity index (χ1) is 10.3. The van der Waals surface area contributed by atoms with E-state index in [1.807, 2.05) is 34.7 Å². The van der Waals surface area contributed by atoms with E-state index in [2.05, 4.69) is 4.98 Å². The molecule has 2 rings (SSSR count). The number of hydrogen-bond donors (Lipinski definition) is 1. The molecule has 2 heterocycles. The maximum Gasteiger partial charge on any atom is 0.333 e. The first kappa shape index (κ1) is 16.5. The summed E-state index contributed by atoms with van der Waals surface area (Å²) in [7, 11) is 1.82. The Morgan fingerprint density at radius 1 is 1.23 bits per heavy atom. The molecule has 0 saturated heterocycles. The number of fused-ring (bicyclic) bond motifs is 1. The lowest BCUT2D eigenvalue weighted by Gasteiger charge is -2.16. The summed E-state index contributed by atoms with van der Waals surface area (Å²) in [4.78, 5) is 30.0. The molecule has 0 spiro atoms. The lowest BCUT2D eigenvalue weighted by atomic mass is 10.2. The summed E-state index contributed by atoms with van der Waals surface area (Å²) in [6.07, 6.45) is 0.781. The Morgan fingerprint density at radius 3 is 2.36 bits per heavy atom. The fourth-order valence-corrected chi connectivity index (χ4v) is 2.77. The van der Waals surface area contributed by atoms with Crippen LogP contribution in [-0.2, 0) is 13.6 Å². The van der Waals surface area contributed by atoms with Crippen LogP contribution in [0.3, 0.4) is 0 Å². The van der Waals surface area contributed by atoms with E-state index in [9.17, 15) is 9.59 Å². The molecule has 22 heavy (non-hydrogen) atoms. The molecule has 122 valence electrons. The molecule has 2 aromatic rings. The number of hydrogen-bond acceptors (Lipinski definition) is 4. The first-order valence-electron chi connectivity index (χ1n) is 7.76. The molecule has 0 aliphatic rings. The number of aryl methyl sites for hydroxylation is 1. The van der Waals surface area contributed by atoms with Gasteiger partial charge in [-0.05, 0) is 13.3 Å². The zero-order valence-electron chi connectivity index (χ0n) is 14.0. The van der Waals surface area contributed by atoms with Gasteiger partial charge in [-0.15, -0.1) is 0 Å². The van der Waals surface area contributed by atoms with E-state index in [4.69, 9.17) is 5.73 Å². The second-order valence-corrected chi connectivity index (χ2v) is 6.01. The number of aromatic nitrogens is 4. The Labute approximate surface area is 129 Å². The predicted octanol–water partition coefficient (Wildman–Crippen LogP) is 0.950. The summed E-state index contributed by atoms with van der Waals surface area (Å²) < 4.78 is 4.65. The van der Waals surface area contributed by atoms with Crippen molar-refractivity contribution in [2.45, 2.75) is 52.6 Å². The summed E-state index contributed by atoms with van der Waals surface area (Å²) in [5, 5.41) is 0. The quantitative estimate of drug-likeness (QED) is 0.891. The molecule has 1 unspecified atom stereocenters. The second-order valence-electron chi connectivity index (χ2n) is 6.01. The van der Waals surface area contributed by atoms with E-state index in [0.29, 0.717) is 11.2 Å². The average Bonchev–Trinajstić information content (AvgIpc) is 2.81. The van der Waals surface area contributed by atoms with E-state index < -0.39 is 0 Å². The number of rotatable bonds is 5. The van der Waals surface area contributed by atoms with Gasteiger partial charge in [0, 0.05) is 32.1 Å². The lowest BCUT2D eigenvalue weighted by molar-refractivity contribution is 0.485. The largest absolute Gasteiger partial charge is 0.333 e. The molecule has 0 aliphatic carbocycles. The second kappa shape index (κ2) is 6.08. The fraction of sp³-hybridized carbons (Fsp3) is 0.667. The summed E-state index contributed by atoms with van der Waals surface area (Å²) >= 11 is 0. The third kappa shape index (κ3) is 2.39. The number of nitrogens with two attached hydrogens (primary N) is 1. The van der Waals surface area contributed by atoms with Crippen LogP contribution < -0.4 is 17.0 Å². The third-order valence-corrected chi connectivity index (χ3v) is 4.12. The highest BCUT2D eigenvalue weighted by Gasteiger charge is 2.22. The molecule has 0 radical (unpaired) electrons. The Morgan fingerprint density at radius 2 is 1.86 bits per heavy atom. The van der Waals surface area contributed by atoms with Crippen LogP contribution in [0.15, 0.2) is 9.59 Å². The lowest BCUT2D eigenvalue weighted by Crippen LogP contribution is -2.42. The van der Waals surface area contributed by atoms with Gasteiger partial charge in [0.05, 0.1) is 0 Å². The van der Waals surface area contributed by atoms with Gasteiger partial charge in [-0.25, -0.2) is 9.78 Å². The van der Waals surface area contributed by atoms with Crippen LogP contribution in [0.2, 0.25) is 0 Å². The van der Waals surface area contributed by atoms with E-state index in [1.54, 1.807) is 9.13 Å². The van der Waals surface area contributed by atoms with Crippen LogP contribution >= 0.6 is 0 Å². The van der Waals surface area contributed by atoms with Crippen molar-refractivity contribution in [1.29, 1.82) is 0 Å². The maximum absolute atomic E-state index is 12.7. The van der Waals surface area contributed by atoms with Gasteiger partial charge in [0.25, 0.3) is 5.56 Å². The number of imidazole rings is 1. The van der Waals surface area contributed by atoms with Gasteiger partial charge in [0.2, 0.25) is 0 Å². The van der Waals surface area contributed by atoms with Crippen LogP contribution in [0.25, 0.3) is 11.2 Å². The molecule has 0 amide bonds. The van der Waals surface area contributed by atoms with E-state index in [0.717, 1.165) is 12.2 Å². The number of nitrogens with zero attached hydrogens (tertiary/aromatic N) is 4. The Bertz CT molecular complexity index is 797. The minimum atomic E-state index is -0.328. The van der Waals surface area contributed by atoms with Crippen LogP contribution in [-0.4, -0.2) is 25.2 Å². The monoisotopic (exact) mass is 307 g/mol. The zero-order valence-corrected chi connectivity index (χ0v) is 14.0. The molecule has 0 aromatic carbocycles. The minimum absolute atomic E-state index is 0.0328. The van der Waals surface area contributed by atoms with Crippen molar-refractivity contribution in [3.8, 4) is 0 Å². The molecule has 7 heteroatoms. The molecule has 0 aliphatic heterocycles. The van der Waals surface area contributed by atoms with E-state index in [-0.39, 0.29) is 36.3 Å². The molecular weight excluding hydrogens is 282 g/mol. The topological polar surface area (TPSA) is 87.8 Å². The highest BCUT2D eigenvalue weighted by molar-refractivity contribution is 5.71. The van der Waals surface area contributed by atoms with Gasteiger partial charge in [-0.1, -0.05) is 20.8 Å². The van der Waals surface area contributed by atoms with E-state index in [1.165, 1.54) is 4.57 Å². The molecule has 0 saturated carbocycles. The van der Waals surface area contributed by atoms with Crippen molar-refractivity contribution < 1.29 is 0 Å². The van der Waals surface area contributed by atoms with Crippen molar-refractivity contribution in [1.82, 2.24) is 18.7 Å². The highest BCUT2D eigenvalue weighted by Crippen LogP contribution is 2.20. The van der Waals surface area contributed by atoms with Crippen molar-refractivity contribution in [2.24, 2.45) is 12.8 Å². The Hall–Kier alpha value is -1.89. The van der Waals surface area contributed by atoms with Crippen molar-refractivity contribution >= 4 is 11.2 Å². The summed E-state index contributed by atoms with van der Waals surface area (Å²) in [6, 6.07) is -0.0328. The molecule has 0 fully saturated rings. The Kier molecular flexibility index (Phi) is 4.55. The molecular formula is C15H25N5O2. The first-order valence-corrected chi connectivity index (χ1v) is 7.76. The SMILES string of the molecule is CCC(C)n1c(=O)n(CCN)c(=O)c2c1nc(C(C)C)n2C. The molecule has 2 N–H and O–H groups in total. The van der Waals surface area contributed by atoms with Crippen LogP contribution in [0.5, 0.6) is 0 Å². The highest BCUT2D eigenvalue weighted by atomic mass is 16.2. The third-order valence-electron chi connectivity index (χ3n) is 4.12. The van der Waals surface area contributed by atoms with Crippen molar-refractivity contribution in [2.75, 3.05) is 6.54 Å². The minimum Gasteiger partial charge on any atom is -0.329 e. The molecule has 0 bridgehead atoms. The summed E-state index contributed by atoms with van der Waals surface area (Å²) in [5.41, 5.74) is 5.87. The zero-order chi connectivity index (χ0) is 16.6. The van der Waals surface area contributed by atoms with Gasteiger partial charge in [0.15, 0.2) is 11.2 Å². The average molecular weight is 307 g/mol. The summed E-state index contributed by atoms with van der Waals surface area (Å²) in [6.45, 7) is 8.47. The normalized spacial score (nSPS) is 13.2. The fourth-order valence-electron chi connectivity index (χ4n) is 2.77. The van der Waals surface area contributed by atoms with Gasteiger partial charge >= 0.3 is 5.69 Å². The van der Waals surface area contributed by atoms with Gasteiger partial charge < -0.3 is 10.3 Å². The smallest absolute Gasteiger partial charge is 0.329 e. The standard InChI is InChI=1S/C15H25N5O2/c1-6-10(4)20-13-11(18(5)12(17-13)9(2)3)14(21)19(8-7-16)15(20)22/h9-10H,6-8,16H2,1-5H3. The molecule has 2 aromatic heterocycles. The van der Waals surface area contributed by atoms with Crippen molar-refractivity contribution in [3.63, 3.8) is 0 Å². The van der Waals surface area contributed by atoms with Crippen molar-refractivity contribution in [3.05, 3.63) is 26.7 Å². The predicted molar refractivity (Wildman–Crippen MR) is 87.4 cm³/mol. The summed E-state index contributed by atoms with van der Waals surface area (Å²) in [5.74, 6) is 0.967. The molecule has 1 atom stereocenters. The van der Waals surface area contributed by atoms with Gasteiger partial charge in [-0.3, -0.25) is 13.9 Å². The van der Waals surface area contributed by atoms with Crippen LogP contribution in [0, 0.1) is 0 Å². The van der Waals surface area contributed by atoms with Crippen LogP contribution in [0.1, 0.15) is 51.9 Å². The maximum atomic E-state index is 12.7. The molecule has 7 nitrogen and oxygen atoms in total. The Balaban J connectivity index is 3.00. The van der Waals surface area contributed by atoms with E-state index >= 15 is 0 Å². The van der Waals surface area contributed by atoms with Gasteiger partial charge in [0.1, 0.15) is 5.82 Å². The van der Waals surface area contributed by atoms with Crippen LogP contribution in [0.4, 0.5) is 0 Å².